The van der Waals surface area contributed by atoms with Crippen molar-refractivity contribution in [3.63, 3.8) is 0 Å². The number of rotatable bonds is 4. The Bertz CT molecular complexity index is 427. The van der Waals surface area contributed by atoms with Crippen molar-refractivity contribution in [1.82, 2.24) is 10.0 Å². The molecule has 0 saturated heterocycles. The average molecular weight is 265 g/mol. The van der Waals surface area contributed by atoms with Crippen LogP contribution < -0.4 is 0 Å². The lowest BCUT2D eigenvalue weighted by atomic mass is 10.2. The first-order valence-corrected chi connectivity index (χ1v) is 5.88. The summed E-state index contributed by atoms with van der Waals surface area (Å²) in [5.74, 6) is 0. The zero-order chi connectivity index (χ0) is 14.3. The van der Waals surface area contributed by atoms with Crippen molar-refractivity contribution < 1.29 is 14.4 Å². The van der Waals surface area contributed by atoms with Crippen molar-refractivity contribution in [2.75, 3.05) is 7.05 Å². The summed E-state index contributed by atoms with van der Waals surface area (Å²) in [7, 11) is 1.55. The Morgan fingerprint density at radius 2 is 2.05 bits per heavy atom. The molecule has 0 aliphatic carbocycles. The summed E-state index contributed by atoms with van der Waals surface area (Å²) in [6.07, 6.45) is 3.98. The van der Waals surface area contributed by atoms with Crippen LogP contribution in [-0.4, -0.2) is 35.1 Å². The first-order valence-electron chi connectivity index (χ1n) is 5.88. The van der Waals surface area contributed by atoms with Crippen LogP contribution in [-0.2, 0) is 16.2 Å². The molecule has 0 bridgehead atoms. The molecule has 0 fully saturated rings. The molecule has 6 heteroatoms. The highest BCUT2D eigenvalue weighted by Crippen LogP contribution is 2.10. The molecule has 0 unspecified atom stereocenters. The van der Waals surface area contributed by atoms with Gasteiger partial charge in [0.15, 0.2) is 0 Å². The van der Waals surface area contributed by atoms with Gasteiger partial charge in [0.1, 0.15) is 18.5 Å². The van der Waals surface area contributed by atoms with Gasteiger partial charge in [-0.15, -0.1) is 5.06 Å². The third-order valence-electron chi connectivity index (χ3n) is 1.91. The summed E-state index contributed by atoms with van der Waals surface area (Å²) in [6, 6.07) is 3.60. The van der Waals surface area contributed by atoms with E-state index >= 15 is 0 Å². The van der Waals surface area contributed by atoms with Crippen molar-refractivity contribution in [3.05, 3.63) is 30.1 Å². The van der Waals surface area contributed by atoms with Crippen molar-refractivity contribution >= 4 is 12.4 Å². The molecule has 6 nitrogen and oxygen atoms in total. The quantitative estimate of drug-likeness (QED) is 0.476. The fourth-order valence-electron chi connectivity index (χ4n) is 1.17. The lowest BCUT2D eigenvalue weighted by molar-refractivity contribution is -0.105. The van der Waals surface area contributed by atoms with Crippen molar-refractivity contribution in [3.8, 4) is 0 Å². The molecule has 1 aromatic rings. The summed E-state index contributed by atoms with van der Waals surface area (Å²) in [5.41, 5.74) is 0.310. The fourth-order valence-corrected chi connectivity index (χ4v) is 1.17. The van der Waals surface area contributed by atoms with Gasteiger partial charge in [-0.3, -0.25) is 14.8 Å². The molecule has 0 N–H and O–H groups in total. The molecule has 0 aliphatic rings. The van der Waals surface area contributed by atoms with Crippen LogP contribution >= 0.6 is 0 Å². The molecule has 19 heavy (non-hydrogen) atoms. The molecule has 1 rings (SSSR count). The minimum absolute atomic E-state index is 0.230. The number of ether oxygens (including phenoxy) is 1. The lowest BCUT2D eigenvalue weighted by Crippen LogP contribution is -2.36. The van der Waals surface area contributed by atoms with Gasteiger partial charge in [0.25, 0.3) is 0 Å². The van der Waals surface area contributed by atoms with E-state index in [1.807, 2.05) is 0 Å². The van der Waals surface area contributed by atoms with Crippen molar-refractivity contribution in [2.24, 2.45) is 4.99 Å². The summed E-state index contributed by atoms with van der Waals surface area (Å²) in [5, 5.41) is 0.978. The van der Waals surface area contributed by atoms with Crippen molar-refractivity contribution in [2.45, 2.75) is 33.0 Å². The van der Waals surface area contributed by atoms with E-state index in [2.05, 4.69) is 9.98 Å². The van der Waals surface area contributed by atoms with E-state index in [-0.39, 0.29) is 6.61 Å². The number of nitrogens with zero attached hydrogens (tertiary/aromatic N) is 3. The standard InChI is InChI=1S/C13H19N3O3/c1-13(2,3)19-12(17)16(10-14-4)18-9-11-5-7-15-8-6-11/h5-8,10H,9H2,1-4H3/b14-10-. The number of hydroxylamine groups is 2. The van der Waals surface area contributed by atoms with Gasteiger partial charge in [0, 0.05) is 19.4 Å². The van der Waals surface area contributed by atoms with Crippen LogP contribution in [0.4, 0.5) is 4.79 Å². The van der Waals surface area contributed by atoms with Crippen LogP contribution in [0.25, 0.3) is 0 Å². The van der Waals surface area contributed by atoms with Gasteiger partial charge in [-0.2, -0.15) is 0 Å². The smallest absolute Gasteiger partial charge is 0.440 e. The average Bonchev–Trinajstić information content (AvgIpc) is 2.33. The van der Waals surface area contributed by atoms with Gasteiger partial charge < -0.3 is 4.74 Å². The molecule has 1 heterocycles. The molecule has 0 saturated carbocycles. The number of aromatic nitrogens is 1. The Balaban J connectivity index is 2.60. The number of aliphatic imine (C=N–C) groups is 1. The van der Waals surface area contributed by atoms with E-state index in [1.54, 1.807) is 52.3 Å². The van der Waals surface area contributed by atoms with Crippen LogP contribution in [0, 0.1) is 0 Å². The van der Waals surface area contributed by atoms with Crippen LogP contribution in [0.3, 0.4) is 0 Å². The predicted octanol–water partition coefficient (Wildman–Crippen LogP) is 2.41. The maximum atomic E-state index is 11.8. The highest BCUT2D eigenvalue weighted by molar-refractivity contribution is 5.80. The SMILES string of the molecule is C/N=C\N(OCc1ccncc1)C(=O)OC(C)(C)C. The highest BCUT2D eigenvalue weighted by atomic mass is 16.7. The van der Waals surface area contributed by atoms with Gasteiger partial charge in [0.2, 0.25) is 0 Å². The maximum absolute atomic E-state index is 11.8. The van der Waals surface area contributed by atoms with Gasteiger partial charge >= 0.3 is 6.09 Å². The second kappa shape index (κ2) is 6.84. The summed E-state index contributed by atoms with van der Waals surface area (Å²) < 4.78 is 5.20. The second-order valence-corrected chi connectivity index (χ2v) is 4.81. The molecule has 0 aliphatic heterocycles. The molecule has 0 radical (unpaired) electrons. The largest absolute Gasteiger partial charge is 0.442 e. The Labute approximate surface area is 113 Å². The van der Waals surface area contributed by atoms with Gasteiger partial charge in [-0.1, -0.05) is 0 Å². The normalized spacial score (nSPS) is 11.6. The summed E-state index contributed by atoms with van der Waals surface area (Å²) >= 11 is 0. The second-order valence-electron chi connectivity index (χ2n) is 4.81. The topological polar surface area (TPSA) is 64.0 Å². The number of pyridine rings is 1. The summed E-state index contributed by atoms with van der Waals surface area (Å²) in [4.78, 5) is 24.9. The number of carbonyl (C=O) groups is 1. The van der Waals surface area contributed by atoms with Gasteiger partial charge in [-0.25, -0.2) is 4.79 Å². The van der Waals surface area contributed by atoms with E-state index in [0.717, 1.165) is 10.6 Å². The lowest BCUT2D eigenvalue weighted by Gasteiger charge is -2.23. The van der Waals surface area contributed by atoms with E-state index in [9.17, 15) is 4.79 Å². The molecular formula is C13H19N3O3. The molecule has 0 aromatic carbocycles. The Hall–Kier alpha value is -1.95. The molecule has 1 amide bonds. The molecule has 104 valence electrons. The monoisotopic (exact) mass is 265 g/mol. The number of amides is 1. The van der Waals surface area contributed by atoms with Gasteiger partial charge in [0.05, 0.1) is 0 Å². The van der Waals surface area contributed by atoms with E-state index < -0.39 is 11.7 Å². The molecule has 0 atom stereocenters. The maximum Gasteiger partial charge on any atom is 0.440 e. The summed E-state index contributed by atoms with van der Waals surface area (Å²) in [6.45, 7) is 5.59. The molecule has 1 aromatic heterocycles. The fraction of sp³-hybridized carbons (Fsp3) is 0.462. The van der Waals surface area contributed by atoms with Crippen LogP contribution in [0.2, 0.25) is 0 Å². The highest BCUT2D eigenvalue weighted by Gasteiger charge is 2.21. The van der Waals surface area contributed by atoms with Crippen LogP contribution in [0.1, 0.15) is 26.3 Å². The molecule has 0 spiro atoms. The minimum atomic E-state index is -0.604. The van der Waals surface area contributed by atoms with Crippen molar-refractivity contribution in [1.29, 1.82) is 0 Å². The van der Waals surface area contributed by atoms with Gasteiger partial charge in [-0.05, 0) is 38.5 Å². The predicted molar refractivity (Wildman–Crippen MR) is 71.5 cm³/mol. The Kier molecular flexibility index (Phi) is 5.44. The zero-order valence-corrected chi connectivity index (χ0v) is 11.7. The third kappa shape index (κ3) is 5.96. The third-order valence-corrected chi connectivity index (χ3v) is 1.91. The number of hydrogen-bond donors (Lipinski definition) is 0. The van der Waals surface area contributed by atoms with Crippen LogP contribution in [0.15, 0.2) is 29.5 Å². The van der Waals surface area contributed by atoms with E-state index in [0.29, 0.717) is 0 Å². The first-order chi connectivity index (χ1) is 8.92. The Morgan fingerprint density at radius 1 is 1.42 bits per heavy atom. The number of hydrogen-bond acceptors (Lipinski definition) is 5. The van der Waals surface area contributed by atoms with E-state index in [1.165, 1.54) is 6.34 Å². The number of carbonyl (C=O) groups excluding carboxylic acids is 1. The first kappa shape index (κ1) is 15.1. The minimum Gasteiger partial charge on any atom is -0.442 e. The van der Waals surface area contributed by atoms with Crippen LogP contribution in [0.5, 0.6) is 0 Å². The zero-order valence-electron chi connectivity index (χ0n) is 11.7. The Morgan fingerprint density at radius 3 is 2.58 bits per heavy atom. The molecular weight excluding hydrogens is 246 g/mol. The van der Waals surface area contributed by atoms with E-state index in [4.69, 9.17) is 9.57 Å².